The Hall–Kier alpha value is -2.02. The van der Waals surface area contributed by atoms with Crippen LogP contribution in [0.25, 0.3) is 0 Å². The van der Waals surface area contributed by atoms with Crippen LogP contribution in [0.15, 0.2) is 63.9 Å². The molecule has 138 valence electrons. The van der Waals surface area contributed by atoms with Gasteiger partial charge in [0.2, 0.25) is 0 Å². The maximum absolute atomic E-state index is 5.92. The third kappa shape index (κ3) is 5.49. The van der Waals surface area contributed by atoms with Gasteiger partial charge in [0.15, 0.2) is 11.5 Å². The molecule has 0 amide bonds. The summed E-state index contributed by atoms with van der Waals surface area (Å²) in [5, 5.41) is 3.34. The quantitative estimate of drug-likeness (QED) is 0.575. The number of rotatable bonds is 8. The van der Waals surface area contributed by atoms with E-state index in [0.717, 1.165) is 21.4 Å². The summed E-state index contributed by atoms with van der Waals surface area (Å²) < 4.78 is 17.6. The van der Waals surface area contributed by atoms with Crippen molar-refractivity contribution in [1.82, 2.24) is 10.3 Å². The molecule has 2 heterocycles. The van der Waals surface area contributed by atoms with Gasteiger partial charge in [0.1, 0.15) is 12.4 Å². The number of benzene rings is 1. The average molecular weight is 439 g/mol. The van der Waals surface area contributed by atoms with Crippen molar-refractivity contribution >= 4 is 15.9 Å². The topological polar surface area (TPSA) is 56.5 Å². The molecular weight excluding hydrogens is 420 g/mol. The van der Waals surface area contributed by atoms with Crippen LogP contribution < -0.4 is 27.2 Å². The minimum Gasteiger partial charge on any atom is -1.00 e. The summed E-state index contributed by atoms with van der Waals surface area (Å²) in [5.74, 6) is 2.27. The first kappa shape index (κ1) is 20.3. The number of nitrogens with zero attached hydrogens (tertiary/aromatic N) is 1. The maximum atomic E-state index is 5.92. The van der Waals surface area contributed by atoms with E-state index in [1.165, 1.54) is 0 Å². The van der Waals surface area contributed by atoms with Crippen molar-refractivity contribution in [2.45, 2.75) is 19.7 Å². The molecule has 26 heavy (non-hydrogen) atoms. The fraction of sp³-hybridized carbons (Fsp3) is 0.211. The first-order valence-corrected chi connectivity index (χ1v) is 8.67. The van der Waals surface area contributed by atoms with Gasteiger partial charge < -0.3 is 31.6 Å². The molecule has 0 atom stereocenters. The fourth-order valence-corrected chi connectivity index (χ4v) is 3.00. The molecule has 0 bridgehead atoms. The zero-order valence-electron chi connectivity index (χ0n) is 14.2. The number of methoxy groups -OCH3 is 1. The first-order valence-electron chi connectivity index (χ1n) is 7.87. The van der Waals surface area contributed by atoms with E-state index < -0.39 is 0 Å². The Balaban J connectivity index is 0.00000243. The first-order chi connectivity index (χ1) is 12.3. The lowest BCUT2D eigenvalue weighted by molar-refractivity contribution is -0.00000610. The number of ether oxygens (including phenoxy) is 2. The van der Waals surface area contributed by atoms with Crippen LogP contribution in [0.3, 0.4) is 0 Å². The molecule has 0 aliphatic rings. The van der Waals surface area contributed by atoms with Crippen LogP contribution in [-0.4, -0.2) is 12.1 Å². The standard InChI is InChI=1S/C19H19BrN2O3.ClH/c1-23-18-9-15(11-22-12-16-5-3-7-24-16)8-17(20)19(18)25-13-14-4-2-6-21-10-14;/h2-10,22H,11-13H2,1H3;1H/p-1. The molecule has 5 nitrogen and oxygen atoms in total. The number of hydrogen-bond donors (Lipinski definition) is 1. The summed E-state index contributed by atoms with van der Waals surface area (Å²) in [4.78, 5) is 4.09. The zero-order valence-corrected chi connectivity index (χ0v) is 16.6. The van der Waals surface area contributed by atoms with E-state index in [9.17, 15) is 0 Å². The number of nitrogens with one attached hydrogen (secondary N) is 1. The Labute approximate surface area is 167 Å². The molecule has 7 heteroatoms. The van der Waals surface area contributed by atoms with Crippen LogP contribution in [0.1, 0.15) is 16.9 Å². The minimum absolute atomic E-state index is 0. The molecule has 2 aromatic heterocycles. The number of furan rings is 1. The fourth-order valence-electron chi connectivity index (χ4n) is 2.40. The summed E-state index contributed by atoms with van der Waals surface area (Å²) in [6.45, 7) is 1.80. The van der Waals surface area contributed by atoms with Crippen LogP contribution in [0.5, 0.6) is 11.5 Å². The molecule has 0 spiro atoms. The van der Waals surface area contributed by atoms with Gasteiger partial charge in [-0.2, -0.15) is 0 Å². The van der Waals surface area contributed by atoms with Crippen molar-refractivity contribution in [3.05, 3.63) is 76.4 Å². The van der Waals surface area contributed by atoms with Gasteiger partial charge in [0.25, 0.3) is 0 Å². The highest BCUT2D eigenvalue weighted by molar-refractivity contribution is 9.10. The van der Waals surface area contributed by atoms with Gasteiger partial charge in [-0.3, -0.25) is 4.98 Å². The highest BCUT2D eigenvalue weighted by Gasteiger charge is 2.12. The molecule has 0 aliphatic heterocycles. The lowest BCUT2D eigenvalue weighted by atomic mass is 10.2. The van der Waals surface area contributed by atoms with Gasteiger partial charge in [-0.1, -0.05) is 6.07 Å². The molecule has 0 radical (unpaired) electrons. The van der Waals surface area contributed by atoms with E-state index >= 15 is 0 Å². The minimum atomic E-state index is 0. The molecular formula is C19H19BrClN2O3-. The molecule has 0 fully saturated rings. The van der Waals surface area contributed by atoms with Crippen molar-refractivity contribution in [1.29, 1.82) is 0 Å². The number of aromatic nitrogens is 1. The Bertz CT molecular complexity index is 798. The second-order valence-corrected chi connectivity index (χ2v) is 6.30. The summed E-state index contributed by atoms with van der Waals surface area (Å²) in [6, 6.07) is 11.7. The van der Waals surface area contributed by atoms with Gasteiger partial charge in [0.05, 0.1) is 24.4 Å². The van der Waals surface area contributed by atoms with E-state index in [2.05, 4.69) is 26.2 Å². The molecule has 0 unspecified atom stereocenters. The number of pyridine rings is 1. The maximum Gasteiger partial charge on any atom is 0.175 e. The average Bonchev–Trinajstić information content (AvgIpc) is 3.15. The van der Waals surface area contributed by atoms with Gasteiger partial charge in [-0.25, -0.2) is 0 Å². The monoisotopic (exact) mass is 437 g/mol. The van der Waals surface area contributed by atoms with Gasteiger partial charge in [-0.15, -0.1) is 0 Å². The van der Waals surface area contributed by atoms with Crippen molar-refractivity contribution in [2.75, 3.05) is 7.11 Å². The molecule has 1 aromatic carbocycles. The Kier molecular flexibility index (Phi) is 7.97. The number of hydrogen-bond acceptors (Lipinski definition) is 5. The van der Waals surface area contributed by atoms with Crippen LogP contribution >= 0.6 is 15.9 Å². The second-order valence-electron chi connectivity index (χ2n) is 5.44. The molecule has 3 rings (SSSR count). The highest BCUT2D eigenvalue weighted by atomic mass is 79.9. The van der Waals surface area contributed by atoms with Crippen molar-refractivity contribution in [3.8, 4) is 11.5 Å². The Morgan fingerprint density at radius 3 is 2.73 bits per heavy atom. The second kappa shape index (κ2) is 10.2. The van der Waals surface area contributed by atoms with E-state index in [4.69, 9.17) is 13.9 Å². The van der Waals surface area contributed by atoms with Crippen LogP contribution in [-0.2, 0) is 19.7 Å². The third-order valence-electron chi connectivity index (χ3n) is 3.60. The molecule has 1 N–H and O–H groups in total. The molecule has 0 aliphatic carbocycles. The van der Waals surface area contributed by atoms with Crippen LogP contribution in [0.4, 0.5) is 0 Å². The van der Waals surface area contributed by atoms with Crippen molar-refractivity contribution in [2.24, 2.45) is 0 Å². The van der Waals surface area contributed by atoms with E-state index in [0.29, 0.717) is 31.2 Å². The smallest absolute Gasteiger partial charge is 0.175 e. The van der Waals surface area contributed by atoms with Gasteiger partial charge in [0, 0.05) is 24.5 Å². The third-order valence-corrected chi connectivity index (χ3v) is 4.19. The van der Waals surface area contributed by atoms with Crippen LogP contribution in [0.2, 0.25) is 0 Å². The summed E-state index contributed by atoms with van der Waals surface area (Å²) in [5.41, 5.74) is 2.09. The van der Waals surface area contributed by atoms with Crippen molar-refractivity contribution < 1.29 is 26.3 Å². The summed E-state index contributed by atoms with van der Waals surface area (Å²) in [6.07, 6.45) is 5.20. The number of halogens is 2. The molecule has 0 saturated heterocycles. The summed E-state index contributed by atoms with van der Waals surface area (Å²) in [7, 11) is 1.64. The molecule has 3 aromatic rings. The lowest BCUT2D eigenvalue weighted by Gasteiger charge is -2.14. The Morgan fingerprint density at radius 1 is 1.15 bits per heavy atom. The molecule has 0 saturated carbocycles. The normalized spacial score (nSPS) is 10.2. The van der Waals surface area contributed by atoms with Crippen LogP contribution in [0, 0.1) is 0 Å². The SMILES string of the molecule is COc1cc(CNCc2ccco2)cc(Br)c1OCc1cccnc1.[Cl-]. The highest BCUT2D eigenvalue weighted by Crippen LogP contribution is 2.37. The largest absolute Gasteiger partial charge is 1.00 e. The van der Waals surface area contributed by atoms with Gasteiger partial charge in [-0.05, 0) is 51.8 Å². The van der Waals surface area contributed by atoms with E-state index in [1.807, 2.05) is 36.4 Å². The lowest BCUT2D eigenvalue weighted by Crippen LogP contribution is -3.00. The predicted molar refractivity (Wildman–Crippen MR) is 98.5 cm³/mol. The zero-order chi connectivity index (χ0) is 17.5. The van der Waals surface area contributed by atoms with E-state index in [-0.39, 0.29) is 12.4 Å². The predicted octanol–water partition coefficient (Wildman–Crippen LogP) is 1.32. The summed E-state index contributed by atoms with van der Waals surface area (Å²) >= 11 is 3.58. The van der Waals surface area contributed by atoms with E-state index in [1.54, 1.807) is 25.8 Å². The van der Waals surface area contributed by atoms with Crippen molar-refractivity contribution in [3.63, 3.8) is 0 Å². The Morgan fingerprint density at radius 2 is 2.04 bits per heavy atom. The van der Waals surface area contributed by atoms with Gasteiger partial charge >= 0.3 is 0 Å².